The number of nitrogens with zero attached hydrogens (tertiary/aromatic N) is 2. The van der Waals surface area contributed by atoms with Crippen molar-refractivity contribution < 1.29 is 4.79 Å². The second kappa shape index (κ2) is 5.96. The number of halogens is 2. The van der Waals surface area contributed by atoms with E-state index in [0.717, 1.165) is 4.47 Å². The molecule has 0 spiro atoms. The predicted octanol–water partition coefficient (Wildman–Crippen LogP) is 2.43. The largest absolute Gasteiger partial charge is 0.319 e. The maximum absolute atomic E-state index is 11.9. The second-order valence-corrected chi connectivity index (χ2v) is 4.85. The quantitative estimate of drug-likeness (QED) is 0.588. The molecule has 1 heterocycles. The number of carbonyl (C=O) groups excluding carboxylic acids is 1. The Bertz CT molecular complexity index is 605. The van der Waals surface area contributed by atoms with Gasteiger partial charge in [0.2, 0.25) is 0 Å². The molecule has 0 aliphatic carbocycles. The van der Waals surface area contributed by atoms with Crippen molar-refractivity contribution in [2.75, 3.05) is 10.7 Å². The van der Waals surface area contributed by atoms with Gasteiger partial charge in [0.25, 0.3) is 5.91 Å². The van der Waals surface area contributed by atoms with Crippen LogP contribution in [0.3, 0.4) is 0 Å². The minimum Gasteiger partial charge on any atom is -0.319 e. The van der Waals surface area contributed by atoms with E-state index in [1.807, 2.05) is 0 Å². The van der Waals surface area contributed by atoms with Gasteiger partial charge >= 0.3 is 0 Å². The van der Waals surface area contributed by atoms with Crippen LogP contribution in [0.25, 0.3) is 0 Å². The van der Waals surface area contributed by atoms with Crippen LogP contribution in [0.15, 0.2) is 34.8 Å². The molecule has 0 radical (unpaired) electrons. The van der Waals surface area contributed by atoms with E-state index >= 15 is 0 Å². The van der Waals surface area contributed by atoms with E-state index in [-0.39, 0.29) is 5.69 Å². The Hall–Kier alpha value is -1.70. The number of benzene rings is 1. The van der Waals surface area contributed by atoms with Gasteiger partial charge in [-0.1, -0.05) is 27.5 Å². The van der Waals surface area contributed by atoms with Gasteiger partial charge in [-0.15, -0.1) is 10.2 Å². The molecule has 2 aromatic rings. The van der Waals surface area contributed by atoms with Gasteiger partial charge in [-0.2, -0.15) is 0 Å². The summed E-state index contributed by atoms with van der Waals surface area (Å²) in [7, 11) is 0. The van der Waals surface area contributed by atoms with Crippen LogP contribution < -0.4 is 16.6 Å². The Kier molecular flexibility index (Phi) is 4.31. The number of hydrazine groups is 1. The maximum Gasteiger partial charge on any atom is 0.276 e. The minimum atomic E-state index is -0.406. The third kappa shape index (κ3) is 3.40. The molecule has 2 rings (SSSR count). The summed E-state index contributed by atoms with van der Waals surface area (Å²) in [6.07, 6.45) is 0. The highest BCUT2D eigenvalue weighted by Gasteiger charge is 2.10. The summed E-state index contributed by atoms with van der Waals surface area (Å²) >= 11 is 9.28. The van der Waals surface area contributed by atoms with E-state index < -0.39 is 5.91 Å². The summed E-state index contributed by atoms with van der Waals surface area (Å²) in [6.45, 7) is 0. The number of carbonyl (C=O) groups is 1. The van der Waals surface area contributed by atoms with Crippen LogP contribution in [0.5, 0.6) is 0 Å². The summed E-state index contributed by atoms with van der Waals surface area (Å²) in [5.41, 5.74) is 2.98. The lowest BCUT2D eigenvalue weighted by Crippen LogP contribution is -2.16. The molecule has 0 bridgehead atoms. The summed E-state index contributed by atoms with van der Waals surface area (Å²) < 4.78 is 0.806. The van der Waals surface area contributed by atoms with Crippen molar-refractivity contribution in [1.82, 2.24) is 10.2 Å². The molecule has 0 aliphatic rings. The Morgan fingerprint density at radius 3 is 2.68 bits per heavy atom. The molecule has 6 nitrogen and oxygen atoms in total. The van der Waals surface area contributed by atoms with E-state index in [4.69, 9.17) is 17.4 Å². The summed E-state index contributed by atoms with van der Waals surface area (Å²) in [4.78, 5) is 11.9. The van der Waals surface area contributed by atoms with Gasteiger partial charge in [0.05, 0.1) is 10.7 Å². The molecule has 0 saturated carbocycles. The number of aromatic nitrogens is 2. The average molecular weight is 343 g/mol. The fourth-order valence-electron chi connectivity index (χ4n) is 1.31. The van der Waals surface area contributed by atoms with Crippen LogP contribution in [-0.4, -0.2) is 16.1 Å². The number of anilines is 2. The summed E-state index contributed by atoms with van der Waals surface area (Å²) in [5.74, 6) is 5.13. The molecule has 0 saturated heterocycles. The number of hydrogen-bond acceptors (Lipinski definition) is 5. The van der Waals surface area contributed by atoms with Crippen molar-refractivity contribution in [3.05, 3.63) is 45.5 Å². The van der Waals surface area contributed by atoms with Gasteiger partial charge < -0.3 is 10.7 Å². The van der Waals surface area contributed by atoms with Crippen molar-refractivity contribution in [2.45, 2.75) is 0 Å². The molecule has 0 fully saturated rings. The number of rotatable bonds is 3. The van der Waals surface area contributed by atoms with Crippen molar-refractivity contribution in [3.63, 3.8) is 0 Å². The summed E-state index contributed by atoms with van der Waals surface area (Å²) in [6, 6.07) is 8.20. The highest BCUT2D eigenvalue weighted by Crippen LogP contribution is 2.25. The van der Waals surface area contributed by atoms with Gasteiger partial charge in [-0.25, -0.2) is 5.84 Å². The molecular formula is C11H9BrClN5O. The van der Waals surface area contributed by atoms with Gasteiger partial charge in [0.15, 0.2) is 11.5 Å². The summed E-state index contributed by atoms with van der Waals surface area (Å²) in [5, 5.41) is 10.5. The average Bonchev–Trinajstić information content (AvgIpc) is 2.43. The third-order valence-electron chi connectivity index (χ3n) is 2.22. The number of nitrogens with two attached hydrogens (primary N) is 1. The lowest BCUT2D eigenvalue weighted by molar-refractivity contribution is 0.102. The van der Waals surface area contributed by atoms with Crippen LogP contribution >= 0.6 is 27.5 Å². The monoisotopic (exact) mass is 341 g/mol. The Morgan fingerprint density at radius 1 is 1.26 bits per heavy atom. The van der Waals surface area contributed by atoms with Crippen LogP contribution in [0.1, 0.15) is 10.5 Å². The standard InChI is InChI=1S/C11H9BrClN5O/c12-6-1-2-7(13)9(5-6)15-11(19)8-3-4-10(16-14)18-17-8/h1-5H,14H2,(H,15,19)(H,16,18). The first kappa shape index (κ1) is 13.7. The molecular weight excluding hydrogens is 334 g/mol. The first-order chi connectivity index (χ1) is 9.10. The lowest BCUT2D eigenvalue weighted by Gasteiger charge is -2.07. The normalized spacial score (nSPS) is 10.1. The number of nitrogens with one attached hydrogen (secondary N) is 2. The molecule has 1 aromatic heterocycles. The van der Waals surface area contributed by atoms with E-state index in [1.165, 1.54) is 6.07 Å². The number of nitrogen functional groups attached to an aromatic ring is 1. The molecule has 0 atom stereocenters. The lowest BCUT2D eigenvalue weighted by atomic mass is 10.3. The van der Waals surface area contributed by atoms with Crippen LogP contribution in [0.4, 0.5) is 11.5 Å². The fourth-order valence-corrected chi connectivity index (χ4v) is 1.84. The van der Waals surface area contributed by atoms with Crippen molar-refractivity contribution in [3.8, 4) is 0 Å². The van der Waals surface area contributed by atoms with Gasteiger partial charge in [-0.3, -0.25) is 4.79 Å². The number of amides is 1. The van der Waals surface area contributed by atoms with E-state index in [9.17, 15) is 4.79 Å². The van der Waals surface area contributed by atoms with Crippen molar-refractivity contribution in [1.29, 1.82) is 0 Å². The number of hydrogen-bond donors (Lipinski definition) is 3. The highest BCUT2D eigenvalue weighted by molar-refractivity contribution is 9.10. The molecule has 1 aromatic carbocycles. The highest BCUT2D eigenvalue weighted by atomic mass is 79.9. The fraction of sp³-hybridized carbons (Fsp3) is 0. The third-order valence-corrected chi connectivity index (χ3v) is 3.04. The van der Waals surface area contributed by atoms with Gasteiger partial charge in [0.1, 0.15) is 0 Å². The molecule has 19 heavy (non-hydrogen) atoms. The van der Waals surface area contributed by atoms with Crippen LogP contribution in [0.2, 0.25) is 5.02 Å². The van der Waals surface area contributed by atoms with E-state index in [2.05, 4.69) is 36.9 Å². The molecule has 8 heteroatoms. The van der Waals surface area contributed by atoms with E-state index in [0.29, 0.717) is 16.5 Å². The molecule has 4 N–H and O–H groups in total. The SMILES string of the molecule is NNc1ccc(C(=O)Nc2cc(Br)ccc2Cl)nn1. The van der Waals surface area contributed by atoms with Crippen LogP contribution in [0, 0.1) is 0 Å². The zero-order chi connectivity index (χ0) is 13.8. The zero-order valence-corrected chi connectivity index (χ0v) is 11.9. The molecule has 0 aliphatic heterocycles. The van der Waals surface area contributed by atoms with Gasteiger partial charge in [-0.05, 0) is 30.3 Å². The molecule has 98 valence electrons. The Morgan fingerprint density at radius 2 is 2.05 bits per heavy atom. The van der Waals surface area contributed by atoms with Gasteiger partial charge in [0, 0.05) is 4.47 Å². The van der Waals surface area contributed by atoms with Crippen LogP contribution in [-0.2, 0) is 0 Å². The first-order valence-corrected chi connectivity index (χ1v) is 6.34. The minimum absolute atomic E-state index is 0.162. The zero-order valence-electron chi connectivity index (χ0n) is 9.52. The Labute approximate surface area is 122 Å². The smallest absolute Gasteiger partial charge is 0.276 e. The molecule has 1 amide bonds. The second-order valence-electron chi connectivity index (χ2n) is 3.53. The topological polar surface area (TPSA) is 92.9 Å². The Balaban J connectivity index is 2.18. The first-order valence-electron chi connectivity index (χ1n) is 5.17. The van der Waals surface area contributed by atoms with E-state index in [1.54, 1.807) is 24.3 Å². The maximum atomic E-state index is 11.9. The molecule has 0 unspecified atom stereocenters. The van der Waals surface area contributed by atoms with Crippen molar-refractivity contribution in [2.24, 2.45) is 5.84 Å². The predicted molar refractivity (Wildman–Crippen MR) is 76.9 cm³/mol. The van der Waals surface area contributed by atoms with Crippen molar-refractivity contribution >= 4 is 44.9 Å².